The molecule has 168 valence electrons. The molecule has 0 bridgehead atoms. The fraction of sp³-hybridized carbons (Fsp3) is 0.545. The minimum atomic E-state index is -0.780. The highest BCUT2D eigenvalue weighted by molar-refractivity contribution is 6.07. The van der Waals surface area contributed by atoms with Gasteiger partial charge in [-0.05, 0) is 31.4 Å². The van der Waals surface area contributed by atoms with E-state index in [1.807, 2.05) is 6.92 Å². The first-order chi connectivity index (χ1) is 14.9. The van der Waals surface area contributed by atoms with E-state index < -0.39 is 11.6 Å². The van der Waals surface area contributed by atoms with Gasteiger partial charge in [-0.3, -0.25) is 19.3 Å². The van der Waals surface area contributed by atoms with Crippen LogP contribution >= 0.6 is 0 Å². The first kappa shape index (κ1) is 22.6. The fourth-order valence-electron chi connectivity index (χ4n) is 4.24. The molecule has 1 aliphatic heterocycles. The van der Waals surface area contributed by atoms with E-state index in [9.17, 15) is 19.2 Å². The van der Waals surface area contributed by atoms with Crippen LogP contribution in [0, 0.1) is 0 Å². The van der Waals surface area contributed by atoms with Gasteiger partial charge in [-0.1, -0.05) is 31.9 Å². The summed E-state index contributed by atoms with van der Waals surface area (Å²) in [5, 5.41) is 5.58. The van der Waals surface area contributed by atoms with Crippen LogP contribution in [0.15, 0.2) is 24.3 Å². The fourth-order valence-corrected chi connectivity index (χ4v) is 4.24. The number of ether oxygens (including phenoxy) is 1. The Bertz CT molecular complexity index is 850. The third-order valence-electron chi connectivity index (χ3n) is 5.81. The number of nitrogens with zero attached hydrogens (tertiary/aromatic N) is 2. The highest BCUT2D eigenvalue weighted by Gasteiger charge is 2.52. The molecule has 3 rings (SSSR count). The molecule has 5 amide bonds. The molecule has 0 unspecified atom stereocenters. The zero-order chi connectivity index (χ0) is 22.4. The molecule has 0 atom stereocenters. The van der Waals surface area contributed by atoms with Crippen molar-refractivity contribution in [3.8, 4) is 5.75 Å². The molecular formula is C22H30N4O5. The molecule has 31 heavy (non-hydrogen) atoms. The van der Waals surface area contributed by atoms with Crippen molar-refractivity contribution in [3.05, 3.63) is 24.3 Å². The van der Waals surface area contributed by atoms with Crippen molar-refractivity contribution >= 4 is 29.4 Å². The summed E-state index contributed by atoms with van der Waals surface area (Å²) < 4.78 is 5.23. The number of hydrogen-bond acceptors (Lipinski definition) is 5. The molecule has 1 saturated carbocycles. The van der Waals surface area contributed by atoms with E-state index >= 15 is 0 Å². The third kappa shape index (κ3) is 4.98. The molecule has 1 heterocycles. The van der Waals surface area contributed by atoms with E-state index in [-0.39, 0.29) is 37.2 Å². The summed E-state index contributed by atoms with van der Waals surface area (Å²) in [5.74, 6) is -0.321. The van der Waals surface area contributed by atoms with Gasteiger partial charge in [0.05, 0.1) is 19.3 Å². The maximum Gasteiger partial charge on any atom is 0.325 e. The summed E-state index contributed by atoms with van der Waals surface area (Å²) in [6, 6.07) is 6.60. The van der Waals surface area contributed by atoms with Crippen LogP contribution < -0.4 is 15.4 Å². The largest absolute Gasteiger partial charge is 0.495 e. The average molecular weight is 431 g/mol. The molecule has 0 radical (unpaired) electrons. The predicted molar refractivity (Wildman–Crippen MR) is 115 cm³/mol. The highest BCUT2D eigenvalue weighted by Crippen LogP contribution is 2.35. The zero-order valence-electron chi connectivity index (χ0n) is 18.1. The normalized spacial score (nSPS) is 17.0. The molecule has 2 fully saturated rings. The van der Waals surface area contributed by atoms with Gasteiger partial charge in [0.15, 0.2) is 0 Å². The number of nitrogens with one attached hydrogen (secondary N) is 2. The van der Waals surface area contributed by atoms with Crippen molar-refractivity contribution < 1.29 is 23.9 Å². The first-order valence-corrected chi connectivity index (χ1v) is 10.7. The number of carbonyl (C=O) groups is 4. The van der Waals surface area contributed by atoms with E-state index in [1.165, 1.54) is 12.0 Å². The lowest BCUT2D eigenvalue weighted by Gasteiger charge is -2.23. The maximum absolute atomic E-state index is 12.8. The minimum Gasteiger partial charge on any atom is -0.495 e. The number of anilines is 1. The summed E-state index contributed by atoms with van der Waals surface area (Å²) in [5.41, 5.74) is -0.252. The van der Waals surface area contributed by atoms with Crippen LogP contribution in [0.3, 0.4) is 0 Å². The molecule has 0 aromatic heterocycles. The minimum absolute atomic E-state index is 0.0135. The Hall–Kier alpha value is -3.10. The van der Waals surface area contributed by atoms with Crippen LogP contribution in [0.2, 0.25) is 0 Å². The second kappa shape index (κ2) is 9.80. The lowest BCUT2D eigenvalue weighted by molar-refractivity contribution is -0.136. The van der Waals surface area contributed by atoms with Crippen LogP contribution in [0.25, 0.3) is 0 Å². The molecule has 1 aromatic rings. The number of hydrogen-bond donors (Lipinski definition) is 2. The second-order valence-corrected chi connectivity index (χ2v) is 7.99. The summed E-state index contributed by atoms with van der Waals surface area (Å²) in [4.78, 5) is 52.9. The Morgan fingerprint density at radius 3 is 2.61 bits per heavy atom. The third-order valence-corrected chi connectivity index (χ3v) is 5.81. The number of urea groups is 1. The lowest BCUT2D eigenvalue weighted by Crippen LogP contribution is -2.44. The molecule has 1 aromatic carbocycles. The van der Waals surface area contributed by atoms with Gasteiger partial charge in [0.2, 0.25) is 11.8 Å². The van der Waals surface area contributed by atoms with E-state index in [1.54, 1.807) is 24.3 Å². The van der Waals surface area contributed by atoms with Gasteiger partial charge in [0.25, 0.3) is 5.91 Å². The van der Waals surface area contributed by atoms with E-state index in [0.29, 0.717) is 37.2 Å². The monoisotopic (exact) mass is 430 g/mol. The van der Waals surface area contributed by atoms with Crippen molar-refractivity contribution in [2.24, 2.45) is 0 Å². The Kier molecular flexibility index (Phi) is 7.14. The summed E-state index contributed by atoms with van der Waals surface area (Å²) in [6.45, 7) is 2.22. The van der Waals surface area contributed by atoms with Crippen molar-refractivity contribution in [3.63, 3.8) is 0 Å². The standard InChI is InChI=1S/C22H30N4O5/c1-3-13-25(15-18(27)23-16-8-4-5-9-17(16)31-2)19(28)10-14-26-20(29)22(24-21(26)30)11-6-7-12-22/h4-5,8-9H,3,6-7,10-15H2,1-2H3,(H,23,27)(H,24,30). The number of imide groups is 1. The van der Waals surface area contributed by atoms with Gasteiger partial charge in [-0.25, -0.2) is 4.79 Å². The number of rotatable bonds is 9. The molecule has 9 nitrogen and oxygen atoms in total. The van der Waals surface area contributed by atoms with Gasteiger partial charge < -0.3 is 20.3 Å². The van der Waals surface area contributed by atoms with Crippen LogP contribution in [-0.4, -0.2) is 65.8 Å². The van der Waals surface area contributed by atoms with Crippen LogP contribution in [0.5, 0.6) is 5.75 Å². The quantitative estimate of drug-likeness (QED) is 0.584. The van der Waals surface area contributed by atoms with Crippen molar-refractivity contribution in [1.82, 2.24) is 15.1 Å². The van der Waals surface area contributed by atoms with Crippen molar-refractivity contribution in [2.75, 3.05) is 32.1 Å². The molecule has 9 heteroatoms. The lowest BCUT2D eigenvalue weighted by atomic mass is 9.98. The topological polar surface area (TPSA) is 108 Å². The van der Waals surface area contributed by atoms with E-state index in [0.717, 1.165) is 17.7 Å². The van der Waals surface area contributed by atoms with Crippen molar-refractivity contribution in [2.45, 2.75) is 51.0 Å². The molecule has 1 aliphatic carbocycles. The van der Waals surface area contributed by atoms with Gasteiger partial charge in [0, 0.05) is 19.5 Å². The van der Waals surface area contributed by atoms with Crippen LogP contribution in [0.4, 0.5) is 10.5 Å². The Balaban J connectivity index is 1.57. The molecule has 1 spiro atoms. The van der Waals surface area contributed by atoms with Crippen molar-refractivity contribution in [1.29, 1.82) is 0 Å². The Labute approximate surface area is 182 Å². The van der Waals surface area contributed by atoms with Gasteiger partial charge in [-0.15, -0.1) is 0 Å². The van der Waals surface area contributed by atoms with Gasteiger partial charge >= 0.3 is 6.03 Å². The number of methoxy groups -OCH3 is 1. The Morgan fingerprint density at radius 1 is 1.23 bits per heavy atom. The molecule has 2 aliphatic rings. The number of amides is 5. The maximum atomic E-state index is 12.8. The average Bonchev–Trinajstić information content (AvgIpc) is 3.31. The van der Waals surface area contributed by atoms with E-state index in [4.69, 9.17) is 4.74 Å². The second-order valence-electron chi connectivity index (χ2n) is 7.99. The van der Waals surface area contributed by atoms with Crippen LogP contribution in [-0.2, 0) is 14.4 Å². The number of para-hydroxylation sites is 2. The molecule has 1 saturated heterocycles. The summed E-state index contributed by atoms with van der Waals surface area (Å²) >= 11 is 0. The van der Waals surface area contributed by atoms with Gasteiger partial charge in [0.1, 0.15) is 11.3 Å². The Morgan fingerprint density at radius 2 is 1.94 bits per heavy atom. The SMILES string of the molecule is CCCN(CC(=O)Nc1ccccc1OC)C(=O)CCN1C(=O)NC2(CCCC2)C1=O. The number of benzene rings is 1. The summed E-state index contributed by atoms with van der Waals surface area (Å²) in [7, 11) is 1.52. The van der Waals surface area contributed by atoms with Gasteiger partial charge in [-0.2, -0.15) is 0 Å². The predicted octanol–water partition coefficient (Wildman–Crippen LogP) is 2.13. The van der Waals surface area contributed by atoms with E-state index in [2.05, 4.69) is 10.6 Å². The smallest absolute Gasteiger partial charge is 0.325 e. The van der Waals surface area contributed by atoms with Crippen LogP contribution in [0.1, 0.15) is 45.4 Å². The molecular weight excluding hydrogens is 400 g/mol. The highest BCUT2D eigenvalue weighted by atomic mass is 16.5. The zero-order valence-corrected chi connectivity index (χ0v) is 18.1. The first-order valence-electron chi connectivity index (χ1n) is 10.7. The summed E-state index contributed by atoms with van der Waals surface area (Å²) in [6.07, 6.45) is 3.77. The molecule has 2 N–H and O–H groups in total. The number of carbonyl (C=O) groups excluding carboxylic acids is 4.